The molecule has 1 amide bonds. The van der Waals surface area contributed by atoms with Crippen molar-refractivity contribution in [2.75, 3.05) is 19.5 Å². The number of anilines is 1. The van der Waals surface area contributed by atoms with Crippen molar-refractivity contribution in [1.29, 1.82) is 0 Å². The number of ether oxygens (including phenoxy) is 3. The van der Waals surface area contributed by atoms with Crippen molar-refractivity contribution < 1.29 is 28.2 Å². The molecule has 0 aliphatic rings. The maximum Gasteiger partial charge on any atom is 0.309 e. The van der Waals surface area contributed by atoms with Crippen LogP contribution in [-0.4, -0.2) is 35.9 Å². The average molecular weight is 580 g/mol. The van der Waals surface area contributed by atoms with E-state index in [0.29, 0.717) is 45.1 Å². The van der Waals surface area contributed by atoms with Crippen LogP contribution in [0.2, 0.25) is 0 Å². The summed E-state index contributed by atoms with van der Waals surface area (Å²) < 4.78 is 31.8. The summed E-state index contributed by atoms with van der Waals surface area (Å²) in [7, 11) is 3.13. The topological polar surface area (TPSA) is 91.7 Å². The Hall–Kier alpha value is -5.44. The Labute approximate surface area is 248 Å². The number of methoxy groups -OCH3 is 2. The van der Waals surface area contributed by atoms with Gasteiger partial charge >= 0.3 is 5.97 Å². The zero-order chi connectivity index (χ0) is 30.7. The van der Waals surface area contributed by atoms with Crippen LogP contribution in [0, 0.1) is 19.7 Å². The third-order valence-corrected chi connectivity index (χ3v) is 6.84. The Kier molecular flexibility index (Phi) is 8.25. The van der Waals surface area contributed by atoms with E-state index in [4.69, 9.17) is 19.3 Å². The van der Waals surface area contributed by atoms with Gasteiger partial charge in [0.1, 0.15) is 23.0 Å². The van der Waals surface area contributed by atoms with E-state index in [1.54, 1.807) is 49.2 Å². The Balaban J connectivity index is 1.68. The molecule has 1 heterocycles. The van der Waals surface area contributed by atoms with Gasteiger partial charge in [0.05, 0.1) is 25.5 Å². The highest BCUT2D eigenvalue weighted by atomic mass is 19.1. The number of aryl methyl sites for hydroxylation is 2. The molecule has 0 aliphatic heterocycles. The van der Waals surface area contributed by atoms with E-state index >= 15 is 0 Å². The smallest absolute Gasteiger partial charge is 0.309 e. The highest BCUT2D eigenvalue weighted by Crippen LogP contribution is 2.43. The number of carbonyl (C=O) groups is 2. The summed E-state index contributed by atoms with van der Waals surface area (Å²) in [6.45, 7) is 5.28. The standard InChI is InChI=1S/C34H30FN3O5/c1-20-6-7-21(2)30(16-20)38-34(43-22(3)39)31(32(37-38)25-17-28(41-4)19-29(18-25)42-5)23-10-14-27(15-11-23)36-33(40)24-8-12-26(35)13-9-24/h6-19H,1-5H3,(H,36,40). The molecule has 5 rings (SSSR count). The lowest BCUT2D eigenvalue weighted by atomic mass is 10.00. The third-order valence-electron chi connectivity index (χ3n) is 6.84. The molecule has 1 aromatic heterocycles. The first-order chi connectivity index (χ1) is 20.7. The Morgan fingerprint density at radius 2 is 1.47 bits per heavy atom. The van der Waals surface area contributed by atoms with Gasteiger partial charge < -0.3 is 19.5 Å². The fraction of sp³-hybridized carbons (Fsp3) is 0.147. The van der Waals surface area contributed by atoms with E-state index in [9.17, 15) is 14.0 Å². The predicted octanol–water partition coefficient (Wildman–Crippen LogP) is 7.16. The van der Waals surface area contributed by atoms with Crippen molar-refractivity contribution in [3.63, 3.8) is 0 Å². The molecule has 0 unspecified atom stereocenters. The van der Waals surface area contributed by atoms with E-state index in [-0.39, 0.29) is 11.8 Å². The van der Waals surface area contributed by atoms with Crippen LogP contribution >= 0.6 is 0 Å². The van der Waals surface area contributed by atoms with Crippen LogP contribution in [0.5, 0.6) is 17.4 Å². The lowest BCUT2D eigenvalue weighted by molar-refractivity contribution is -0.132. The molecule has 43 heavy (non-hydrogen) atoms. The highest BCUT2D eigenvalue weighted by molar-refractivity contribution is 6.04. The largest absolute Gasteiger partial charge is 0.497 e. The SMILES string of the molecule is COc1cc(OC)cc(-c2nn(-c3cc(C)ccc3C)c(OC(C)=O)c2-c2ccc(NC(=O)c3ccc(F)cc3)cc2)c1. The first kappa shape index (κ1) is 29.1. The van der Waals surface area contributed by atoms with Crippen LogP contribution in [0.3, 0.4) is 0 Å². The van der Waals surface area contributed by atoms with Crippen molar-refractivity contribution in [3.8, 4) is 45.5 Å². The van der Waals surface area contributed by atoms with Gasteiger partial charge in [-0.1, -0.05) is 24.3 Å². The van der Waals surface area contributed by atoms with Gasteiger partial charge in [-0.25, -0.2) is 4.39 Å². The van der Waals surface area contributed by atoms with E-state index in [2.05, 4.69) is 5.32 Å². The van der Waals surface area contributed by atoms with Crippen molar-refractivity contribution in [2.24, 2.45) is 0 Å². The lowest BCUT2D eigenvalue weighted by Crippen LogP contribution is -2.11. The predicted molar refractivity (Wildman–Crippen MR) is 163 cm³/mol. The summed E-state index contributed by atoms with van der Waals surface area (Å²) in [5.74, 6) is 0.0614. The first-order valence-corrected chi connectivity index (χ1v) is 13.5. The minimum Gasteiger partial charge on any atom is -0.497 e. The fourth-order valence-corrected chi connectivity index (χ4v) is 4.68. The van der Waals surface area contributed by atoms with Gasteiger partial charge in [-0.15, -0.1) is 0 Å². The van der Waals surface area contributed by atoms with Crippen molar-refractivity contribution in [3.05, 3.63) is 107 Å². The van der Waals surface area contributed by atoms with E-state index in [1.165, 1.54) is 31.2 Å². The van der Waals surface area contributed by atoms with Crippen molar-refractivity contribution >= 4 is 17.6 Å². The number of hydrogen-bond acceptors (Lipinski definition) is 6. The molecule has 0 spiro atoms. The zero-order valence-corrected chi connectivity index (χ0v) is 24.4. The summed E-state index contributed by atoms with van der Waals surface area (Å²) in [6.07, 6.45) is 0. The van der Waals surface area contributed by atoms with Crippen LogP contribution in [0.25, 0.3) is 28.1 Å². The number of aromatic nitrogens is 2. The van der Waals surface area contributed by atoms with Gasteiger partial charge in [-0.05, 0) is 85.1 Å². The van der Waals surface area contributed by atoms with Crippen LogP contribution < -0.4 is 19.5 Å². The Morgan fingerprint density at radius 3 is 2.07 bits per heavy atom. The van der Waals surface area contributed by atoms with Gasteiger partial charge in [0, 0.05) is 29.8 Å². The van der Waals surface area contributed by atoms with Gasteiger partial charge in [0.25, 0.3) is 5.91 Å². The number of amides is 1. The van der Waals surface area contributed by atoms with Crippen molar-refractivity contribution in [1.82, 2.24) is 9.78 Å². The number of benzene rings is 4. The molecule has 5 aromatic rings. The second-order valence-corrected chi connectivity index (χ2v) is 9.96. The van der Waals surface area contributed by atoms with Crippen LogP contribution in [0.4, 0.5) is 10.1 Å². The van der Waals surface area contributed by atoms with E-state index in [1.807, 2.05) is 44.2 Å². The van der Waals surface area contributed by atoms with E-state index < -0.39 is 11.8 Å². The number of esters is 1. The molecule has 218 valence electrons. The number of carbonyl (C=O) groups excluding carboxylic acids is 2. The zero-order valence-electron chi connectivity index (χ0n) is 24.4. The number of hydrogen-bond donors (Lipinski definition) is 1. The second-order valence-electron chi connectivity index (χ2n) is 9.96. The minimum absolute atomic E-state index is 0.237. The molecule has 1 N–H and O–H groups in total. The molecule has 9 heteroatoms. The van der Waals surface area contributed by atoms with Gasteiger partial charge in [0.2, 0.25) is 5.88 Å². The molecular weight excluding hydrogens is 549 g/mol. The monoisotopic (exact) mass is 579 g/mol. The van der Waals surface area contributed by atoms with Crippen LogP contribution in [0.1, 0.15) is 28.4 Å². The number of halogens is 1. The van der Waals surface area contributed by atoms with Gasteiger partial charge in [-0.3, -0.25) is 9.59 Å². The summed E-state index contributed by atoms with van der Waals surface area (Å²) in [5, 5.41) is 7.80. The van der Waals surface area contributed by atoms with Crippen LogP contribution in [0.15, 0.2) is 84.9 Å². The van der Waals surface area contributed by atoms with E-state index in [0.717, 1.165) is 16.8 Å². The summed E-state index contributed by atoms with van der Waals surface area (Å²) in [4.78, 5) is 25.1. The molecule has 0 aliphatic carbocycles. The molecule has 0 radical (unpaired) electrons. The Morgan fingerprint density at radius 1 is 0.814 bits per heavy atom. The molecular formula is C34H30FN3O5. The fourth-order valence-electron chi connectivity index (χ4n) is 4.68. The normalized spacial score (nSPS) is 10.7. The maximum atomic E-state index is 13.3. The lowest BCUT2D eigenvalue weighted by Gasteiger charge is -2.12. The summed E-state index contributed by atoms with van der Waals surface area (Å²) in [5.41, 5.74) is 5.99. The van der Waals surface area contributed by atoms with Crippen LogP contribution in [-0.2, 0) is 4.79 Å². The molecule has 0 fully saturated rings. The molecule has 0 atom stereocenters. The number of nitrogens with zero attached hydrogens (tertiary/aromatic N) is 2. The van der Waals surface area contributed by atoms with Crippen molar-refractivity contribution in [2.45, 2.75) is 20.8 Å². The van der Waals surface area contributed by atoms with Gasteiger partial charge in [0.15, 0.2) is 0 Å². The number of nitrogens with one attached hydrogen (secondary N) is 1. The maximum absolute atomic E-state index is 13.3. The molecule has 4 aromatic carbocycles. The minimum atomic E-state index is -0.509. The first-order valence-electron chi connectivity index (χ1n) is 13.5. The summed E-state index contributed by atoms with van der Waals surface area (Å²) in [6, 6.07) is 23.8. The second kappa shape index (κ2) is 12.2. The number of rotatable bonds is 8. The molecule has 0 bridgehead atoms. The Bertz CT molecular complexity index is 1790. The molecule has 8 nitrogen and oxygen atoms in total. The molecule has 0 saturated heterocycles. The average Bonchev–Trinajstić information content (AvgIpc) is 3.36. The van der Waals surface area contributed by atoms with Gasteiger partial charge in [-0.2, -0.15) is 9.78 Å². The highest BCUT2D eigenvalue weighted by Gasteiger charge is 2.26. The summed E-state index contributed by atoms with van der Waals surface area (Å²) >= 11 is 0. The molecule has 0 saturated carbocycles. The third kappa shape index (κ3) is 6.25. The quantitative estimate of drug-likeness (QED) is 0.196.